The Kier molecular flexibility index (Phi) is 17.5. The van der Waals surface area contributed by atoms with Crippen LogP contribution < -0.4 is 24.8 Å². The molecule has 0 aliphatic heterocycles. The molecule has 114 valence electrons. The molecule has 0 aliphatic carbocycles. The van der Waals surface area contributed by atoms with E-state index in [0.29, 0.717) is 11.5 Å². The van der Waals surface area contributed by atoms with Crippen molar-refractivity contribution in [1.82, 2.24) is 0 Å². The molecule has 0 saturated heterocycles. The number of phenols is 2. The van der Waals surface area contributed by atoms with Gasteiger partial charge in [0.2, 0.25) is 0 Å². The van der Waals surface area contributed by atoms with Crippen LogP contribution in [0.3, 0.4) is 0 Å². The predicted octanol–water partition coefficient (Wildman–Crippen LogP) is -2.09. The van der Waals surface area contributed by atoms with Crippen molar-refractivity contribution in [3.05, 3.63) is 59.7 Å². The summed E-state index contributed by atoms with van der Waals surface area (Å²) in [7, 11) is 0. The van der Waals surface area contributed by atoms with Crippen molar-refractivity contribution in [3.8, 4) is 11.5 Å². The van der Waals surface area contributed by atoms with Crippen LogP contribution in [0.1, 0.15) is 25.0 Å². The maximum absolute atomic E-state index is 8.85. The van der Waals surface area contributed by atoms with Crippen molar-refractivity contribution in [2.24, 2.45) is 0 Å². The number of hydrogen-bond donors (Lipinski definition) is 2. The van der Waals surface area contributed by atoms with Crippen molar-refractivity contribution in [2.45, 2.75) is 26.7 Å². The molecule has 0 aliphatic rings. The summed E-state index contributed by atoms with van der Waals surface area (Å²) < 4.78 is 0. The fraction of sp³-hybridized carbons (Fsp3) is 0.250. The van der Waals surface area contributed by atoms with Gasteiger partial charge >= 0.3 is 26.2 Å². The molecule has 0 heterocycles. The van der Waals surface area contributed by atoms with Crippen LogP contribution in [0.4, 0.5) is 0 Å². The van der Waals surface area contributed by atoms with Gasteiger partial charge in [-0.05, 0) is 48.2 Å². The molecule has 2 aromatic carbocycles. The van der Waals surface area contributed by atoms with Crippen molar-refractivity contribution < 1.29 is 61.2 Å². The topological polar surface area (TPSA) is 40.5 Å². The molecule has 0 atom stereocenters. The van der Waals surface area contributed by atoms with E-state index in [1.54, 1.807) is 24.3 Å². The Morgan fingerprint density at radius 2 is 0.857 bits per heavy atom. The van der Waals surface area contributed by atoms with Crippen LogP contribution in [-0.2, 0) is 39.0 Å². The van der Waals surface area contributed by atoms with Gasteiger partial charge in [-0.1, -0.05) is 38.1 Å². The summed E-state index contributed by atoms with van der Waals surface area (Å²) in [4.78, 5) is 0. The average molecular weight is 406 g/mol. The number of rotatable bonds is 2. The quantitative estimate of drug-likeness (QED) is 0.601. The summed E-state index contributed by atoms with van der Waals surface area (Å²) in [5, 5.41) is 17.7. The molecule has 2 nitrogen and oxygen atoms in total. The molecule has 0 unspecified atom stereocenters. The summed E-state index contributed by atoms with van der Waals surface area (Å²) in [5.41, 5.74) is 2.51. The van der Waals surface area contributed by atoms with E-state index >= 15 is 0 Å². The van der Waals surface area contributed by atoms with E-state index in [1.165, 1.54) is 11.1 Å². The second-order valence-electron chi connectivity index (χ2n) is 4.04. The molecule has 0 radical (unpaired) electrons. The van der Waals surface area contributed by atoms with Crippen LogP contribution in [0, 0.1) is 0 Å². The SMILES string of the molecule is CCc1ccc(O)cc1.CCc1ccc(O)cc1.[Cl-].[Cl-].[Zr+2]. The number of halogens is 2. The summed E-state index contributed by atoms with van der Waals surface area (Å²) in [6.45, 7) is 4.18. The van der Waals surface area contributed by atoms with E-state index in [0.717, 1.165) is 12.8 Å². The summed E-state index contributed by atoms with van der Waals surface area (Å²) in [6, 6.07) is 14.5. The summed E-state index contributed by atoms with van der Waals surface area (Å²) >= 11 is 0. The van der Waals surface area contributed by atoms with Crippen LogP contribution in [0.2, 0.25) is 0 Å². The van der Waals surface area contributed by atoms with Crippen LogP contribution >= 0.6 is 0 Å². The molecule has 0 amide bonds. The fourth-order valence-corrected chi connectivity index (χ4v) is 1.46. The van der Waals surface area contributed by atoms with Gasteiger partial charge in [0.05, 0.1) is 0 Å². The van der Waals surface area contributed by atoms with Gasteiger partial charge in [0.15, 0.2) is 0 Å². The first-order valence-electron chi connectivity index (χ1n) is 6.21. The first-order chi connectivity index (χ1) is 8.65. The Morgan fingerprint density at radius 1 is 0.619 bits per heavy atom. The van der Waals surface area contributed by atoms with Crippen molar-refractivity contribution in [1.29, 1.82) is 0 Å². The third-order valence-corrected chi connectivity index (χ3v) is 2.69. The Morgan fingerprint density at radius 3 is 1.05 bits per heavy atom. The minimum Gasteiger partial charge on any atom is -1.00 e. The van der Waals surface area contributed by atoms with Crippen molar-refractivity contribution in [2.75, 3.05) is 0 Å². The second-order valence-corrected chi connectivity index (χ2v) is 4.04. The maximum atomic E-state index is 8.85. The molecule has 5 heteroatoms. The van der Waals surface area contributed by atoms with Crippen LogP contribution in [0.5, 0.6) is 11.5 Å². The van der Waals surface area contributed by atoms with Gasteiger partial charge in [-0.25, -0.2) is 0 Å². The fourth-order valence-electron chi connectivity index (χ4n) is 1.46. The zero-order valence-corrected chi connectivity index (χ0v) is 16.2. The van der Waals surface area contributed by atoms with Gasteiger partial charge in [-0.2, -0.15) is 0 Å². The molecular weight excluding hydrogens is 386 g/mol. The Balaban J connectivity index is -0.000000270. The smallest absolute Gasteiger partial charge is 1.00 e. The van der Waals surface area contributed by atoms with Gasteiger partial charge in [0.25, 0.3) is 0 Å². The van der Waals surface area contributed by atoms with Crippen LogP contribution in [0.15, 0.2) is 48.5 Å². The van der Waals surface area contributed by atoms with Gasteiger partial charge in [-0.15, -0.1) is 0 Å². The van der Waals surface area contributed by atoms with Crippen LogP contribution in [-0.4, -0.2) is 10.2 Å². The molecule has 2 rings (SSSR count). The Hall–Kier alpha value is -0.497. The molecule has 0 fully saturated rings. The maximum Gasteiger partial charge on any atom is 2.00 e. The molecule has 2 aromatic rings. The number of phenolic OH excluding ortho intramolecular Hbond substituents is 2. The first-order valence-corrected chi connectivity index (χ1v) is 6.21. The second kappa shape index (κ2) is 14.4. The predicted molar refractivity (Wildman–Crippen MR) is 75.0 cm³/mol. The number of hydrogen-bond acceptors (Lipinski definition) is 2. The third kappa shape index (κ3) is 10.8. The minimum absolute atomic E-state index is 0. The van der Waals surface area contributed by atoms with Gasteiger partial charge in [-0.3, -0.25) is 0 Å². The monoisotopic (exact) mass is 404 g/mol. The van der Waals surface area contributed by atoms with E-state index in [9.17, 15) is 0 Å². The molecule has 21 heavy (non-hydrogen) atoms. The number of benzene rings is 2. The Bertz CT molecular complexity index is 413. The van der Waals surface area contributed by atoms with Crippen molar-refractivity contribution >= 4 is 0 Å². The van der Waals surface area contributed by atoms with E-state index in [4.69, 9.17) is 10.2 Å². The van der Waals surface area contributed by atoms with Crippen molar-refractivity contribution in [3.63, 3.8) is 0 Å². The summed E-state index contributed by atoms with van der Waals surface area (Å²) in [6.07, 6.45) is 2.06. The normalized spacial score (nSPS) is 8.10. The van der Waals surface area contributed by atoms with E-state index in [-0.39, 0.29) is 51.0 Å². The average Bonchev–Trinajstić information content (AvgIpc) is 2.41. The molecular formula is C16H20Cl2O2Zr. The zero-order chi connectivity index (χ0) is 13.4. The van der Waals surface area contributed by atoms with E-state index < -0.39 is 0 Å². The molecule has 0 aromatic heterocycles. The molecule has 0 saturated carbocycles. The largest absolute Gasteiger partial charge is 2.00 e. The number of aromatic hydroxyl groups is 2. The summed E-state index contributed by atoms with van der Waals surface area (Å²) in [5.74, 6) is 0.680. The third-order valence-electron chi connectivity index (χ3n) is 2.69. The van der Waals surface area contributed by atoms with E-state index in [1.807, 2.05) is 24.3 Å². The van der Waals surface area contributed by atoms with Crippen LogP contribution in [0.25, 0.3) is 0 Å². The standard InChI is InChI=1S/2C8H10O.2ClH.Zr/c2*1-2-7-3-5-8(9)6-4-7;;;/h2*3-6,9H,2H2,1H3;2*1H;/q;;;;+2/p-2. The van der Waals surface area contributed by atoms with E-state index in [2.05, 4.69) is 13.8 Å². The Labute approximate surface area is 158 Å². The molecule has 2 N–H and O–H groups in total. The van der Waals surface area contributed by atoms with Gasteiger partial charge in [0, 0.05) is 0 Å². The molecule has 0 bridgehead atoms. The van der Waals surface area contributed by atoms with Gasteiger partial charge in [0.1, 0.15) is 11.5 Å². The first kappa shape index (κ1) is 25.5. The zero-order valence-electron chi connectivity index (χ0n) is 12.2. The van der Waals surface area contributed by atoms with Gasteiger partial charge < -0.3 is 35.0 Å². The number of aryl methyl sites for hydroxylation is 2. The molecule has 0 spiro atoms. The minimum atomic E-state index is 0.